The highest BCUT2D eigenvalue weighted by atomic mass is 35.5. The van der Waals surface area contributed by atoms with Gasteiger partial charge in [-0.25, -0.2) is 9.82 Å². The largest absolute Gasteiger partial charge is 0.343 e. The van der Waals surface area contributed by atoms with E-state index in [1.807, 2.05) is 0 Å². The van der Waals surface area contributed by atoms with Crippen LogP contribution in [0.1, 0.15) is 15.9 Å². The molecular weight excluding hydrogens is 356 g/mol. The van der Waals surface area contributed by atoms with Gasteiger partial charge in [-0.05, 0) is 36.4 Å². The van der Waals surface area contributed by atoms with E-state index in [2.05, 4.69) is 15.8 Å². The zero-order chi connectivity index (χ0) is 17.5. The number of carbonyl (C=O) groups is 2. The first-order chi connectivity index (χ1) is 11.5. The summed E-state index contributed by atoms with van der Waals surface area (Å²) in [7, 11) is 0. The number of amides is 2. The molecule has 0 saturated carbocycles. The predicted molar refractivity (Wildman–Crippen MR) is 90.9 cm³/mol. The minimum atomic E-state index is -0.537. The molecule has 0 saturated heterocycles. The third kappa shape index (κ3) is 5.04. The van der Waals surface area contributed by atoms with Gasteiger partial charge in [-0.2, -0.15) is 5.10 Å². The smallest absolute Gasteiger partial charge is 0.259 e. The summed E-state index contributed by atoms with van der Waals surface area (Å²) in [6, 6.07) is 9.92. The summed E-state index contributed by atoms with van der Waals surface area (Å²) in [5.41, 5.74) is 2.95. The second-order valence-corrected chi connectivity index (χ2v) is 5.43. The van der Waals surface area contributed by atoms with Crippen LogP contribution in [0.15, 0.2) is 47.6 Å². The standard InChI is InChI=1S/C16H12Cl2FN3O2/c17-13-2-1-3-14(18)12(13)8-21-22-15(23)9-20-16(24)10-4-6-11(19)7-5-10/h1-8H,9H2,(H,20,24)(H,22,23). The first kappa shape index (κ1) is 17.9. The minimum absolute atomic E-state index is 0.246. The third-order valence-corrected chi connectivity index (χ3v) is 3.56. The lowest BCUT2D eigenvalue weighted by Crippen LogP contribution is -2.34. The van der Waals surface area contributed by atoms with Gasteiger partial charge in [0.05, 0.1) is 22.8 Å². The fourth-order valence-corrected chi connectivity index (χ4v) is 2.20. The van der Waals surface area contributed by atoms with E-state index in [1.165, 1.54) is 18.3 Å². The molecule has 2 aromatic rings. The highest BCUT2D eigenvalue weighted by Gasteiger charge is 2.08. The van der Waals surface area contributed by atoms with E-state index >= 15 is 0 Å². The van der Waals surface area contributed by atoms with Crippen molar-refractivity contribution in [1.29, 1.82) is 0 Å². The molecule has 0 radical (unpaired) electrons. The summed E-state index contributed by atoms with van der Waals surface area (Å²) in [6.45, 7) is -0.288. The van der Waals surface area contributed by atoms with Crippen LogP contribution in [0.2, 0.25) is 10.0 Å². The summed E-state index contributed by atoms with van der Waals surface area (Å²) in [5.74, 6) is -1.48. The molecule has 5 nitrogen and oxygen atoms in total. The molecule has 0 fully saturated rings. The molecule has 24 heavy (non-hydrogen) atoms. The summed E-state index contributed by atoms with van der Waals surface area (Å²) in [4.78, 5) is 23.4. The number of nitrogens with one attached hydrogen (secondary N) is 2. The Morgan fingerprint density at radius 3 is 2.33 bits per heavy atom. The maximum Gasteiger partial charge on any atom is 0.259 e. The van der Waals surface area contributed by atoms with Crippen molar-refractivity contribution in [2.45, 2.75) is 0 Å². The lowest BCUT2D eigenvalue weighted by Gasteiger charge is -2.04. The first-order valence-corrected chi connectivity index (χ1v) is 7.52. The van der Waals surface area contributed by atoms with E-state index in [0.717, 1.165) is 12.1 Å². The molecule has 0 heterocycles. The summed E-state index contributed by atoms with van der Waals surface area (Å²) >= 11 is 11.9. The Labute approximate surface area is 147 Å². The van der Waals surface area contributed by atoms with Crippen LogP contribution in [0, 0.1) is 5.82 Å². The maximum absolute atomic E-state index is 12.8. The molecule has 2 aromatic carbocycles. The molecule has 0 aliphatic heterocycles. The second-order valence-electron chi connectivity index (χ2n) is 4.62. The van der Waals surface area contributed by atoms with Gasteiger partial charge in [-0.15, -0.1) is 0 Å². The third-order valence-electron chi connectivity index (χ3n) is 2.90. The SMILES string of the molecule is O=C(CNC(=O)c1ccc(F)cc1)NN=Cc1c(Cl)cccc1Cl. The van der Waals surface area contributed by atoms with Gasteiger partial charge in [0.2, 0.25) is 0 Å². The van der Waals surface area contributed by atoms with Crippen molar-refractivity contribution in [3.05, 3.63) is 69.5 Å². The van der Waals surface area contributed by atoms with Crippen molar-refractivity contribution in [1.82, 2.24) is 10.7 Å². The highest BCUT2D eigenvalue weighted by molar-refractivity contribution is 6.38. The molecule has 2 N–H and O–H groups in total. The maximum atomic E-state index is 12.8. The molecular formula is C16H12Cl2FN3O2. The van der Waals surface area contributed by atoms with Crippen molar-refractivity contribution in [2.24, 2.45) is 5.10 Å². The van der Waals surface area contributed by atoms with Crippen LogP contribution in [0.25, 0.3) is 0 Å². The Balaban J connectivity index is 1.84. The van der Waals surface area contributed by atoms with Crippen molar-refractivity contribution < 1.29 is 14.0 Å². The van der Waals surface area contributed by atoms with E-state index in [9.17, 15) is 14.0 Å². The van der Waals surface area contributed by atoms with E-state index in [-0.39, 0.29) is 12.1 Å². The number of halogens is 3. The molecule has 0 unspecified atom stereocenters. The van der Waals surface area contributed by atoms with Crippen LogP contribution < -0.4 is 10.7 Å². The van der Waals surface area contributed by atoms with Crippen LogP contribution in [0.4, 0.5) is 4.39 Å². The van der Waals surface area contributed by atoms with Gasteiger partial charge < -0.3 is 5.32 Å². The lowest BCUT2D eigenvalue weighted by atomic mass is 10.2. The average molecular weight is 368 g/mol. The molecule has 0 aliphatic carbocycles. The number of hydrogen-bond donors (Lipinski definition) is 2. The van der Waals surface area contributed by atoms with Crippen LogP contribution in [0.5, 0.6) is 0 Å². The zero-order valence-electron chi connectivity index (χ0n) is 12.2. The normalized spacial score (nSPS) is 10.6. The van der Waals surface area contributed by atoms with Gasteiger partial charge in [0.25, 0.3) is 11.8 Å². The van der Waals surface area contributed by atoms with Gasteiger partial charge in [-0.1, -0.05) is 29.3 Å². The van der Waals surface area contributed by atoms with Crippen molar-refractivity contribution in [3.63, 3.8) is 0 Å². The van der Waals surface area contributed by atoms with Crippen molar-refractivity contribution in [2.75, 3.05) is 6.54 Å². The highest BCUT2D eigenvalue weighted by Crippen LogP contribution is 2.21. The van der Waals surface area contributed by atoms with Gasteiger partial charge in [0.1, 0.15) is 5.82 Å². The molecule has 0 aromatic heterocycles. The number of hydrogen-bond acceptors (Lipinski definition) is 3. The Morgan fingerprint density at radius 1 is 1.08 bits per heavy atom. The van der Waals surface area contributed by atoms with E-state index in [1.54, 1.807) is 18.2 Å². The van der Waals surface area contributed by atoms with E-state index in [0.29, 0.717) is 15.6 Å². The molecule has 0 spiro atoms. The Hall–Kier alpha value is -2.44. The van der Waals surface area contributed by atoms with Gasteiger partial charge in [0, 0.05) is 11.1 Å². The number of rotatable bonds is 5. The molecule has 0 bridgehead atoms. The first-order valence-electron chi connectivity index (χ1n) is 6.77. The van der Waals surface area contributed by atoms with Crippen LogP contribution in [-0.4, -0.2) is 24.6 Å². The van der Waals surface area contributed by atoms with E-state index < -0.39 is 17.6 Å². The summed E-state index contributed by atoms with van der Waals surface area (Å²) < 4.78 is 12.8. The minimum Gasteiger partial charge on any atom is -0.343 e. The lowest BCUT2D eigenvalue weighted by molar-refractivity contribution is -0.120. The molecule has 0 atom stereocenters. The van der Waals surface area contributed by atoms with E-state index in [4.69, 9.17) is 23.2 Å². The predicted octanol–water partition coefficient (Wildman–Crippen LogP) is 3.01. The molecule has 124 valence electrons. The van der Waals surface area contributed by atoms with Crippen LogP contribution in [-0.2, 0) is 4.79 Å². The number of hydrazone groups is 1. The van der Waals surface area contributed by atoms with Crippen LogP contribution >= 0.6 is 23.2 Å². The second kappa shape index (κ2) is 8.42. The molecule has 0 aliphatic rings. The van der Waals surface area contributed by atoms with Gasteiger partial charge in [0.15, 0.2) is 0 Å². The topological polar surface area (TPSA) is 70.6 Å². The number of benzene rings is 2. The fraction of sp³-hybridized carbons (Fsp3) is 0.0625. The Morgan fingerprint density at radius 2 is 1.71 bits per heavy atom. The molecule has 8 heteroatoms. The fourth-order valence-electron chi connectivity index (χ4n) is 1.71. The van der Waals surface area contributed by atoms with Crippen molar-refractivity contribution in [3.8, 4) is 0 Å². The zero-order valence-corrected chi connectivity index (χ0v) is 13.7. The monoisotopic (exact) mass is 367 g/mol. The Bertz CT molecular complexity index is 759. The molecule has 2 amide bonds. The Kier molecular flexibility index (Phi) is 6.28. The summed E-state index contributed by atoms with van der Waals surface area (Å²) in [6.07, 6.45) is 1.31. The number of nitrogens with zero attached hydrogens (tertiary/aromatic N) is 1. The van der Waals surface area contributed by atoms with Crippen molar-refractivity contribution >= 4 is 41.2 Å². The quantitative estimate of drug-likeness (QED) is 0.629. The average Bonchev–Trinajstić information content (AvgIpc) is 2.56. The van der Waals surface area contributed by atoms with Gasteiger partial charge in [-0.3, -0.25) is 9.59 Å². The molecule has 2 rings (SSSR count). The number of carbonyl (C=O) groups excluding carboxylic acids is 2. The van der Waals surface area contributed by atoms with Gasteiger partial charge >= 0.3 is 0 Å². The van der Waals surface area contributed by atoms with Crippen LogP contribution in [0.3, 0.4) is 0 Å². The summed E-state index contributed by atoms with van der Waals surface area (Å²) in [5, 5.41) is 6.91.